The molecule has 1 radical (unpaired) electrons. The Morgan fingerprint density at radius 2 is 1.22 bits per heavy atom. The van der Waals surface area contributed by atoms with Crippen molar-refractivity contribution in [3.8, 4) is 5.75 Å². The van der Waals surface area contributed by atoms with Crippen molar-refractivity contribution in [1.29, 1.82) is 0 Å². The topological polar surface area (TPSA) is 37.0 Å². The Hall–Kier alpha value is -2.09. The molecule has 0 aliphatic heterocycles. The van der Waals surface area contributed by atoms with Gasteiger partial charge in [-0.15, -0.1) is 0 Å². The van der Waals surface area contributed by atoms with E-state index in [1.54, 1.807) is 24.3 Å². The first-order chi connectivity index (χ1) is 10.5. The number of hydrogen-bond donors (Lipinski definition) is 0. The third kappa shape index (κ3) is 4.01. The fraction of sp³-hybridized carbons (Fsp3) is 0.381. The lowest BCUT2D eigenvalue weighted by Crippen LogP contribution is -2.27. The zero-order chi connectivity index (χ0) is 17.4. The van der Waals surface area contributed by atoms with Crippen LogP contribution >= 0.6 is 0 Å². The van der Waals surface area contributed by atoms with E-state index in [-0.39, 0.29) is 22.4 Å². The van der Waals surface area contributed by atoms with Crippen LogP contribution in [0.4, 0.5) is 0 Å². The smallest absolute Gasteiger partial charge is 0.186 e. The Balaban J connectivity index is 2.56. The summed E-state index contributed by atoms with van der Waals surface area (Å²) in [6.45, 7) is 12.4. The van der Waals surface area contributed by atoms with E-state index < -0.39 is 0 Å². The van der Waals surface area contributed by atoms with Crippen LogP contribution in [0.5, 0.6) is 5.75 Å². The third-order valence-corrected chi connectivity index (χ3v) is 3.94. The highest BCUT2D eigenvalue weighted by Crippen LogP contribution is 2.39. The predicted molar refractivity (Wildman–Crippen MR) is 94.6 cm³/mol. The highest BCUT2D eigenvalue weighted by atomic mass is 16.3. The molecular weight excluding hydrogens is 284 g/mol. The quantitative estimate of drug-likeness (QED) is 0.651. The first-order valence-corrected chi connectivity index (χ1v) is 7.96. The molecular formula is C21H25O2. The van der Waals surface area contributed by atoms with Gasteiger partial charge in [-0.25, -0.2) is 0 Å². The van der Waals surface area contributed by atoms with Crippen LogP contribution < -0.4 is 0 Å². The van der Waals surface area contributed by atoms with Gasteiger partial charge < -0.3 is 0 Å². The summed E-state index contributed by atoms with van der Waals surface area (Å²) in [7, 11) is 0. The van der Waals surface area contributed by atoms with Crippen LogP contribution in [0, 0.1) is 10.8 Å². The van der Waals surface area contributed by atoms with E-state index in [9.17, 15) is 9.90 Å². The van der Waals surface area contributed by atoms with Crippen LogP contribution in [-0.4, -0.2) is 5.78 Å². The summed E-state index contributed by atoms with van der Waals surface area (Å²) in [5.74, 6) is 0.139. The Morgan fingerprint density at radius 1 is 0.783 bits per heavy atom. The van der Waals surface area contributed by atoms with Crippen molar-refractivity contribution in [2.45, 2.75) is 41.5 Å². The maximum Gasteiger partial charge on any atom is 0.186 e. The van der Waals surface area contributed by atoms with E-state index in [0.29, 0.717) is 0 Å². The molecule has 0 spiro atoms. The molecule has 0 fully saturated rings. The zero-order valence-corrected chi connectivity index (χ0v) is 14.9. The average Bonchev–Trinajstić information content (AvgIpc) is 2.40. The molecule has 0 unspecified atom stereocenters. The summed E-state index contributed by atoms with van der Waals surface area (Å²) >= 11 is 0. The largest absolute Gasteiger partial charge is 0.290 e. The van der Waals surface area contributed by atoms with Gasteiger partial charge >= 0.3 is 0 Å². The van der Waals surface area contributed by atoms with Crippen LogP contribution in [0.1, 0.15) is 47.1 Å². The molecule has 2 heteroatoms. The molecule has 0 heterocycles. The van der Waals surface area contributed by atoms with Crippen molar-refractivity contribution in [2.24, 2.45) is 10.8 Å². The van der Waals surface area contributed by atoms with Gasteiger partial charge in [0.05, 0.1) is 0 Å². The van der Waals surface area contributed by atoms with Crippen molar-refractivity contribution in [3.05, 3.63) is 58.7 Å². The van der Waals surface area contributed by atoms with Crippen LogP contribution in [0.3, 0.4) is 0 Å². The molecule has 0 aromatic heterocycles. The van der Waals surface area contributed by atoms with Crippen LogP contribution in [0.25, 0.3) is 6.08 Å². The lowest BCUT2D eigenvalue weighted by atomic mass is 9.72. The second-order valence-corrected chi connectivity index (χ2v) is 8.16. The van der Waals surface area contributed by atoms with E-state index in [1.165, 1.54) is 0 Å². The van der Waals surface area contributed by atoms with E-state index in [0.717, 1.165) is 22.3 Å². The maximum absolute atomic E-state index is 12.9. The van der Waals surface area contributed by atoms with E-state index in [4.69, 9.17) is 0 Å². The van der Waals surface area contributed by atoms with Crippen LogP contribution in [-0.2, 0) is 9.90 Å². The predicted octanol–water partition coefficient (Wildman–Crippen LogP) is 5.74. The molecule has 121 valence electrons. The van der Waals surface area contributed by atoms with Crippen molar-refractivity contribution >= 4 is 11.9 Å². The number of ketones is 1. The fourth-order valence-electron chi connectivity index (χ4n) is 2.61. The minimum absolute atomic E-state index is 0.00261. The number of Topliss-reactive ketones (excluding diaryl/α,β-unsaturated/α-hetero) is 1. The Kier molecular flexibility index (Phi) is 4.39. The number of carbonyl (C=O) groups is 1. The van der Waals surface area contributed by atoms with Crippen molar-refractivity contribution in [1.82, 2.24) is 0 Å². The van der Waals surface area contributed by atoms with Gasteiger partial charge in [-0.3, -0.25) is 9.90 Å². The molecule has 2 rings (SSSR count). The monoisotopic (exact) mass is 309 g/mol. The molecule has 0 N–H and O–H groups in total. The third-order valence-electron chi connectivity index (χ3n) is 3.94. The van der Waals surface area contributed by atoms with Gasteiger partial charge in [0.2, 0.25) is 0 Å². The van der Waals surface area contributed by atoms with E-state index in [1.807, 2.05) is 18.2 Å². The first-order valence-electron chi connectivity index (χ1n) is 7.96. The summed E-state index contributed by atoms with van der Waals surface area (Å²) in [4.78, 5) is 12.9. The Morgan fingerprint density at radius 3 is 1.61 bits per heavy atom. The fourth-order valence-corrected chi connectivity index (χ4v) is 2.61. The lowest BCUT2D eigenvalue weighted by molar-refractivity contribution is -0.114. The molecule has 0 amide bonds. The minimum Gasteiger partial charge on any atom is -0.290 e. The molecule has 2 nitrogen and oxygen atoms in total. The van der Waals surface area contributed by atoms with Crippen molar-refractivity contribution in [3.63, 3.8) is 0 Å². The van der Waals surface area contributed by atoms with Crippen molar-refractivity contribution in [2.75, 3.05) is 0 Å². The number of carbonyl (C=O) groups excluding carboxylic acids is 1. The summed E-state index contributed by atoms with van der Waals surface area (Å²) in [6.07, 6.45) is 5.97. The Labute approximate surface area is 139 Å². The van der Waals surface area contributed by atoms with Gasteiger partial charge in [-0.2, -0.15) is 0 Å². The van der Waals surface area contributed by atoms with Crippen molar-refractivity contribution < 1.29 is 9.90 Å². The Bertz CT molecular complexity index is 664. The second-order valence-electron chi connectivity index (χ2n) is 8.16. The molecule has 1 aromatic rings. The van der Waals surface area contributed by atoms with Gasteiger partial charge in [0.15, 0.2) is 11.5 Å². The molecule has 1 aliphatic carbocycles. The van der Waals surface area contributed by atoms with Crippen LogP contribution in [0.2, 0.25) is 0 Å². The first kappa shape index (κ1) is 17.3. The summed E-state index contributed by atoms with van der Waals surface area (Å²) in [6, 6.07) is 6.73. The van der Waals surface area contributed by atoms with Gasteiger partial charge in [-0.1, -0.05) is 53.7 Å². The van der Waals surface area contributed by atoms with Gasteiger partial charge in [0.1, 0.15) is 0 Å². The molecule has 0 atom stereocenters. The normalized spacial score (nSPS) is 16.1. The second kappa shape index (κ2) is 5.84. The van der Waals surface area contributed by atoms with Gasteiger partial charge in [0, 0.05) is 11.1 Å². The minimum atomic E-state index is -0.209. The SMILES string of the molecule is CC(C)(C)C1=CC(=Cc2ccc([O])cc2)C=C(C(C)(C)C)C1=O. The summed E-state index contributed by atoms with van der Waals surface area (Å²) in [5, 5.41) is 11.2. The molecule has 23 heavy (non-hydrogen) atoms. The van der Waals surface area contributed by atoms with E-state index >= 15 is 0 Å². The number of allylic oxidation sites excluding steroid dienone is 5. The number of rotatable bonds is 1. The summed E-state index contributed by atoms with van der Waals surface area (Å²) in [5.41, 5.74) is 3.20. The average molecular weight is 309 g/mol. The number of hydrogen-bond acceptors (Lipinski definition) is 1. The molecule has 0 bridgehead atoms. The molecule has 0 saturated carbocycles. The molecule has 1 aromatic carbocycles. The summed E-state index contributed by atoms with van der Waals surface area (Å²) < 4.78 is 0. The lowest BCUT2D eigenvalue weighted by Gasteiger charge is -2.31. The van der Waals surface area contributed by atoms with E-state index in [2.05, 4.69) is 41.5 Å². The number of benzene rings is 1. The highest BCUT2D eigenvalue weighted by molar-refractivity contribution is 6.12. The standard InChI is InChI=1S/C21H25O2/c1-20(2,3)17-12-15(11-14-7-9-16(22)10-8-14)13-18(19(17)23)21(4,5)6/h7-13H,1-6H3. The highest BCUT2D eigenvalue weighted by Gasteiger charge is 2.33. The van der Waals surface area contributed by atoms with Gasteiger partial charge in [0.25, 0.3) is 0 Å². The maximum atomic E-state index is 12.9. The van der Waals surface area contributed by atoms with Crippen LogP contribution in [0.15, 0.2) is 53.1 Å². The molecule has 0 saturated heterocycles. The van der Waals surface area contributed by atoms with Gasteiger partial charge in [-0.05, 0) is 52.3 Å². The molecule has 1 aliphatic rings. The zero-order valence-electron chi connectivity index (χ0n) is 14.9.